The average Bonchev–Trinajstić information content (AvgIpc) is 2.90. The second kappa shape index (κ2) is 12.4. The lowest BCUT2D eigenvalue weighted by molar-refractivity contribution is 0.132. The van der Waals surface area contributed by atoms with Crippen molar-refractivity contribution < 1.29 is 19.6 Å². The Morgan fingerprint density at radius 1 is 0.571 bits per heavy atom. The molecule has 4 aromatic rings. The predicted octanol–water partition coefficient (Wildman–Crippen LogP) is 5.77. The zero-order valence-electron chi connectivity index (χ0n) is 18.8. The minimum absolute atomic E-state index is 0.200. The second-order valence-electron chi connectivity index (χ2n) is 7.38. The van der Waals surface area contributed by atoms with Crippen LogP contribution < -0.4 is 9.68 Å². The molecule has 0 saturated carbocycles. The van der Waals surface area contributed by atoms with Crippen LogP contribution in [-0.2, 0) is 11.4 Å². The molecule has 0 aliphatic rings. The molecule has 0 radical (unpaired) electrons. The Morgan fingerprint density at radius 2 is 1.20 bits per heavy atom. The first kappa shape index (κ1) is 23.3. The molecule has 0 unspecified atom stereocenters. The first-order valence-electron chi connectivity index (χ1n) is 10.8. The molecule has 0 fully saturated rings. The molecule has 35 heavy (non-hydrogen) atoms. The first-order chi connectivity index (χ1) is 17.2. The molecule has 0 heterocycles. The highest BCUT2D eigenvalue weighted by atomic mass is 16.6. The lowest BCUT2D eigenvalue weighted by atomic mass is 10.2. The maximum Gasteiger partial charge on any atom is 0.158 e. The van der Waals surface area contributed by atoms with Gasteiger partial charge in [0, 0.05) is 0 Å². The third-order valence-electron chi connectivity index (χ3n) is 4.70. The third kappa shape index (κ3) is 7.87. The van der Waals surface area contributed by atoms with Gasteiger partial charge in [-0.25, -0.2) is 0 Å². The van der Waals surface area contributed by atoms with Crippen LogP contribution in [0.25, 0.3) is 0 Å². The number of hydrogen-bond donors (Lipinski definition) is 1. The number of aromatic hydroxyl groups is 1. The van der Waals surface area contributed by atoms with E-state index >= 15 is 0 Å². The highest BCUT2D eigenvalue weighted by Crippen LogP contribution is 2.15. The summed E-state index contributed by atoms with van der Waals surface area (Å²) < 4.78 is 0. The molecule has 0 amide bonds. The van der Waals surface area contributed by atoms with Crippen LogP contribution in [0.2, 0.25) is 0 Å². The van der Waals surface area contributed by atoms with E-state index in [9.17, 15) is 5.11 Å². The highest BCUT2D eigenvalue weighted by molar-refractivity contribution is 5.81. The Labute approximate surface area is 203 Å². The summed E-state index contributed by atoms with van der Waals surface area (Å²) in [5.74, 6) is 1.35. The molecule has 0 aromatic heterocycles. The molecule has 1 N–H and O–H groups in total. The van der Waals surface area contributed by atoms with Crippen molar-refractivity contribution in [1.82, 2.24) is 0 Å². The lowest BCUT2D eigenvalue weighted by Crippen LogP contribution is -1.90. The number of nitrogens with zero attached hydrogens (tertiary/aromatic N) is 3. The Hall–Kier alpha value is -4.91. The molecule has 4 rings (SSSR count). The third-order valence-corrected chi connectivity index (χ3v) is 4.70. The Balaban J connectivity index is 1.24. The van der Waals surface area contributed by atoms with Crippen molar-refractivity contribution in [2.45, 2.75) is 6.61 Å². The van der Waals surface area contributed by atoms with Gasteiger partial charge in [-0.05, 0) is 82.9 Å². The summed E-state index contributed by atoms with van der Waals surface area (Å²) in [6.45, 7) is 0.421. The van der Waals surface area contributed by atoms with Gasteiger partial charge in [0.15, 0.2) is 11.5 Å². The SMILES string of the molecule is Oc1ccc(/C=N/Oc2cccc(/C=N/Oc3ccc(/C=N/OCc4ccccc4)cc3)c2)cc1. The normalized spacial score (nSPS) is 11.3. The second-order valence-corrected chi connectivity index (χ2v) is 7.38. The van der Waals surface area contributed by atoms with Crippen molar-refractivity contribution in [3.05, 3.63) is 125 Å². The van der Waals surface area contributed by atoms with Gasteiger partial charge in [0.05, 0.1) is 18.6 Å². The van der Waals surface area contributed by atoms with E-state index in [4.69, 9.17) is 14.5 Å². The minimum Gasteiger partial charge on any atom is -0.508 e. The fourth-order valence-electron chi connectivity index (χ4n) is 2.91. The first-order valence-corrected chi connectivity index (χ1v) is 10.8. The predicted molar refractivity (Wildman–Crippen MR) is 136 cm³/mol. The van der Waals surface area contributed by atoms with E-state index in [2.05, 4.69) is 15.5 Å². The zero-order chi connectivity index (χ0) is 24.1. The lowest BCUT2D eigenvalue weighted by Gasteiger charge is -2.01. The van der Waals surface area contributed by atoms with Gasteiger partial charge in [-0.15, -0.1) is 0 Å². The standard InChI is InChI=1S/C28H23N3O4/c32-26-13-9-22(10-14-26)19-30-35-28-8-4-7-25(17-28)20-31-34-27-15-11-23(12-16-27)18-29-33-21-24-5-2-1-3-6-24/h1-20,32H,21H2/b29-18+,30-19+,31-20+. The Kier molecular flexibility index (Phi) is 8.21. The van der Waals surface area contributed by atoms with Crippen LogP contribution >= 0.6 is 0 Å². The van der Waals surface area contributed by atoms with Gasteiger partial charge in [-0.3, -0.25) is 0 Å². The molecule has 0 spiro atoms. The van der Waals surface area contributed by atoms with E-state index in [1.165, 1.54) is 0 Å². The molecule has 7 nitrogen and oxygen atoms in total. The molecule has 0 aliphatic carbocycles. The summed E-state index contributed by atoms with van der Waals surface area (Å²) in [6, 6.07) is 31.1. The van der Waals surface area contributed by atoms with Crippen molar-refractivity contribution in [3.8, 4) is 17.2 Å². The zero-order valence-corrected chi connectivity index (χ0v) is 18.8. The number of oxime groups is 3. The molecular weight excluding hydrogens is 442 g/mol. The van der Waals surface area contributed by atoms with Gasteiger partial charge in [0.1, 0.15) is 12.4 Å². The number of rotatable bonds is 10. The number of benzene rings is 4. The van der Waals surface area contributed by atoms with Crippen molar-refractivity contribution in [1.29, 1.82) is 0 Å². The molecule has 174 valence electrons. The van der Waals surface area contributed by atoms with E-state index in [-0.39, 0.29) is 5.75 Å². The van der Waals surface area contributed by atoms with E-state index < -0.39 is 0 Å². The Bertz CT molecular complexity index is 1290. The molecule has 0 bridgehead atoms. The van der Waals surface area contributed by atoms with Crippen molar-refractivity contribution in [2.24, 2.45) is 15.5 Å². The van der Waals surface area contributed by atoms with Crippen LogP contribution in [0.3, 0.4) is 0 Å². The van der Waals surface area contributed by atoms with E-state index in [1.54, 1.807) is 67.2 Å². The summed E-state index contributed by atoms with van der Waals surface area (Å²) in [6.07, 6.45) is 4.79. The van der Waals surface area contributed by atoms with Crippen molar-refractivity contribution >= 4 is 18.6 Å². The highest BCUT2D eigenvalue weighted by Gasteiger charge is 1.97. The number of phenols is 1. The monoisotopic (exact) mass is 465 g/mol. The van der Waals surface area contributed by atoms with Gasteiger partial charge in [0.25, 0.3) is 0 Å². The fraction of sp³-hybridized carbons (Fsp3) is 0.0357. The maximum atomic E-state index is 9.31. The van der Waals surface area contributed by atoms with Gasteiger partial charge in [-0.1, -0.05) is 57.9 Å². The smallest absolute Gasteiger partial charge is 0.158 e. The van der Waals surface area contributed by atoms with Crippen LogP contribution in [0, 0.1) is 0 Å². The largest absolute Gasteiger partial charge is 0.508 e. The van der Waals surface area contributed by atoms with Gasteiger partial charge in [0.2, 0.25) is 0 Å². The molecule has 4 aromatic carbocycles. The van der Waals surface area contributed by atoms with E-state index in [0.717, 1.165) is 22.3 Å². The summed E-state index contributed by atoms with van der Waals surface area (Å²) in [5, 5.41) is 21.3. The van der Waals surface area contributed by atoms with Crippen molar-refractivity contribution in [2.75, 3.05) is 0 Å². The Morgan fingerprint density at radius 3 is 1.94 bits per heavy atom. The number of hydrogen-bond acceptors (Lipinski definition) is 7. The van der Waals surface area contributed by atoms with Crippen LogP contribution in [-0.4, -0.2) is 23.8 Å². The minimum atomic E-state index is 0.200. The maximum absolute atomic E-state index is 9.31. The van der Waals surface area contributed by atoms with Gasteiger partial charge < -0.3 is 19.6 Å². The van der Waals surface area contributed by atoms with Gasteiger partial charge >= 0.3 is 0 Å². The molecule has 0 saturated heterocycles. The molecule has 0 aliphatic heterocycles. The van der Waals surface area contributed by atoms with Crippen LogP contribution in [0.1, 0.15) is 22.3 Å². The topological polar surface area (TPSA) is 85.0 Å². The van der Waals surface area contributed by atoms with Crippen molar-refractivity contribution in [3.63, 3.8) is 0 Å². The molecule has 7 heteroatoms. The average molecular weight is 466 g/mol. The van der Waals surface area contributed by atoms with Gasteiger partial charge in [-0.2, -0.15) is 0 Å². The summed E-state index contributed by atoms with van der Waals surface area (Å²) >= 11 is 0. The molecular formula is C28H23N3O4. The quantitative estimate of drug-likeness (QED) is 0.238. The summed E-state index contributed by atoms with van der Waals surface area (Å²) in [5.41, 5.74) is 3.55. The number of phenolic OH excluding ortho intramolecular Hbond substituents is 1. The van der Waals surface area contributed by atoms with Crippen LogP contribution in [0.5, 0.6) is 17.2 Å². The fourth-order valence-corrected chi connectivity index (χ4v) is 2.91. The van der Waals surface area contributed by atoms with Crippen LogP contribution in [0.4, 0.5) is 0 Å². The van der Waals surface area contributed by atoms with E-state index in [0.29, 0.717) is 18.1 Å². The molecule has 0 atom stereocenters. The summed E-state index contributed by atoms with van der Waals surface area (Å²) in [4.78, 5) is 16.2. The van der Waals surface area contributed by atoms with E-state index in [1.807, 2.05) is 54.6 Å². The van der Waals surface area contributed by atoms with Crippen LogP contribution in [0.15, 0.2) is 119 Å². The summed E-state index contributed by atoms with van der Waals surface area (Å²) in [7, 11) is 0.